The number of rotatable bonds is 0. The van der Waals surface area contributed by atoms with Gasteiger partial charge in [0.2, 0.25) is 0 Å². The monoisotopic (exact) mass is 123 g/mol. The SMILES string of the molecule is C1=C2NCC=C2NCN1. The summed E-state index contributed by atoms with van der Waals surface area (Å²) < 4.78 is 0. The maximum atomic E-state index is 3.20. The van der Waals surface area contributed by atoms with Gasteiger partial charge in [0, 0.05) is 12.7 Å². The van der Waals surface area contributed by atoms with Gasteiger partial charge in [-0.15, -0.1) is 0 Å². The summed E-state index contributed by atoms with van der Waals surface area (Å²) in [4.78, 5) is 0. The van der Waals surface area contributed by atoms with Crippen molar-refractivity contribution in [3.8, 4) is 0 Å². The molecule has 0 atom stereocenters. The Morgan fingerprint density at radius 2 is 2.22 bits per heavy atom. The molecule has 2 rings (SSSR count). The van der Waals surface area contributed by atoms with Gasteiger partial charge in [-0.05, 0) is 6.08 Å². The highest BCUT2D eigenvalue weighted by atomic mass is 15.1. The molecule has 3 nitrogen and oxygen atoms in total. The van der Waals surface area contributed by atoms with Crippen LogP contribution in [0.3, 0.4) is 0 Å². The van der Waals surface area contributed by atoms with E-state index >= 15 is 0 Å². The van der Waals surface area contributed by atoms with Gasteiger partial charge in [-0.25, -0.2) is 0 Å². The van der Waals surface area contributed by atoms with Gasteiger partial charge in [0.05, 0.1) is 18.1 Å². The fraction of sp³-hybridized carbons (Fsp3) is 0.333. The summed E-state index contributed by atoms with van der Waals surface area (Å²) in [6.45, 7) is 1.80. The molecule has 0 fully saturated rings. The van der Waals surface area contributed by atoms with Crippen LogP contribution in [-0.4, -0.2) is 13.2 Å². The van der Waals surface area contributed by atoms with Crippen molar-refractivity contribution < 1.29 is 0 Å². The largest absolute Gasteiger partial charge is 0.379 e. The van der Waals surface area contributed by atoms with E-state index in [2.05, 4.69) is 22.0 Å². The lowest BCUT2D eigenvalue weighted by atomic mass is 10.3. The van der Waals surface area contributed by atoms with E-state index in [9.17, 15) is 0 Å². The van der Waals surface area contributed by atoms with Gasteiger partial charge in [0.25, 0.3) is 0 Å². The summed E-state index contributed by atoms with van der Waals surface area (Å²) in [6.07, 6.45) is 4.14. The molecule has 2 aliphatic heterocycles. The van der Waals surface area contributed by atoms with E-state index in [1.54, 1.807) is 0 Å². The van der Waals surface area contributed by atoms with Crippen molar-refractivity contribution in [2.75, 3.05) is 13.2 Å². The lowest BCUT2D eigenvalue weighted by Crippen LogP contribution is -2.32. The molecule has 0 spiro atoms. The second-order valence-electron chi connectivity index (χ2n) is 2.11. The van der Waals surface area contributed by atoms with Crippen LogP contribution in [0.2, 0.25) is 0 Å². The summed E-state index contributed by atoms with van der Waals surface area (Å²) in [6, 6.07) is 0. The molecule has 0 aliphatic carbocycles. The van der Waals surface area contributed by atoms with Crippen LogP contribution in [0, 0.1) is 0 Å². The third-order valence-electron chi connectivity index (χ3n) is 1.52. The maximum Gasteiger partial charge on any atom is 0.0846 e. The molecule has 9 heavy (non-hydrogen) atoms. The van der Waals surface area contributed by atoms with Crippen LogP contribution in [0.1, 0.15) is 0 Å². The molecule has 2 aliphatic rings. The highest BCUT2D eigenvalue weighted by Crippen LogP contribution is 2.09. The number of nitrogens with one attached hydrogen (secondary N) is 3. The molecule has 0 aromatic carbocycles. The zero-order valence-corrected chi connectivity index (χ0v) is 5.07. The van der Waals surface area contributed by atoms with Crippen LogP contribution in [0.5, 0.6) is 0 Å². The lowest BCUT2D eigenvalue weighted by molar-refractivity contribution is 0.697. The highest BCUT2D eigenvalue weighted by molar-refractivity contribution is 5.34. The molecule has 0 saturated carbocycles. The molecule has 0 amide bonds. The molecule has 3 heteroatoms. The zero-order valence-electron chi connectivity index (χ0n) is 5.07. The van der Waals surface area contributed by atoms with E-state index in [0.717, 1.165) is 13.2 Å². The summed E-state index contributed by atoms with van der Waals surface area (Å²) in [5.74, 6) is 0. The average Bonchev–Trinajstić information content (AvgIpc) is 2.33. The lowest BCUT2D eigenvalue weighted by Gasteiger charge is -2.15. The van der Waals surface area contributed by atoms with E-state index in [1.165, 1.54) is 11.4 Å². The third kappa shape index (κ3) is 0.650. The fourth-order valence-corrected chi connectivity index (χ4v) is 1.06. The first-order chi connectivity index (χ1) is 4.47. The molecule has 2 heterocycles. The Hall–Kier alpha value is -1.12. The van der Waals surface area contributed by atoms with Gasteiger partial charge < -0.3 is 16.0 Å². The summed E-state index contributed by atoms with van der Waals surface area (Å²) >= 11 is 0. The first kappa shape index (κ1) is 4.73. The van der Waals surface area contributed by atoms with Crippen molar-refractivity contribution in [2.24, 2.45) is 0 Å². The molecule has 3 N–H and O–H groups in total. The molecular formula is C6H9N3. The van der Waals surface area contributed by atoms with Crippen molar-refractivity contribution in [3.63, 3.8) is 0 Å². The zero-order chi connectivity index (χ0) is 6.10. The molecule has 0 radical (unpaired) electrons. The summed E-state index contributed by atoms with van der Waals surface area (Å²) in [5, 5.41) is 9.48. The second-order valence-corrected chi connectivity index (χ2v) is 2.11. The summed E-state index contributed by atoms with van der Waals surface area (Å²) in [7, 11) is 0. The van der Waals surface area contributed by atoms with Gasteiger partial charge in [-0.3, -0.25) is 0 Å². The Bertz CT molecular complexity index is 181. The van der Waals surface area contributed by atoms with Crippen LogP contribution in [0.4, 0.5) is 0 Å². The molecule has 0 bridgehead atoms. The Labute approximate surface area is 53.8 Å². The number of fused-ring (bicyclic) bond motifs is 1. The van der Waals surface area contributed by atoms with Crippen LogP contribution < -0.4 is 16.0 Å². The Kier molecular flexibility index (Phi) is 0.886. The van der Waals surface area contributed by atoms with E-state index in [1.807, 2.05) is 6.20 Å². The van der Waals surface area contributed by atoms with E-state index < -0.39 is 0 Å². The van der Waals surface area contributed by atoms with Gasteiger partial charge >= 0.3 is 0 Å². The van der Waals surface area contributed by atoms with Crippen molar-refractivity contribution >= 4 is 0 Å². The third-order valence-corrected chi connectivity index (χ3v) is 1.52. The van der Waals surface area contributed by atoms with Crippen molar-refractivity contribution in [1.29, 1.82) is 0 Å². The Balaban J connectivity index is 2.30. The Morgan fingerprint density at radius 1 is 1.22 bits per heavy atom. The molecule has 0 unspecified atom stereocenters. The van der Waals surface area contributed by atoms with Crippen LogP contribution >= 0.6 is 0 Å². The van der Waals surface area contributed by atoms with Crippen molar-refractivity contribution in [1.82, 2.24) is 16.0 Å². The van der Waals surface area contributed by atoms with Crippen LogP contribution in [0.25, 0.3) is 0 Å². The fourth-order valence-electron chi connectivity index (χ4n) is 1.06. The minimum atomic E-state index is 0.844. The van der Waals surface area contributed by atoms with E-state index in [0.29, 0.717) is 0 Å². The molecule has 0 saturated heterocycles. The van der Waals surface area contributed by atoms with E-state index in [4.69, 9.17) is 0 Å². The standard InChI is InChI=1S/C6H9N3/c1-2-8-6-3-7-4-9-5(1)6/h1,3,7-9H,2,4H2. The van der Waals surface area contributed by atoms with Crippen molar-refractivity contribution in [2.45, 2.75) is 0 Å². The molecule has 0 aromatic rings. The predicted octanol–water partition coefficient (Wildman–Crippen LogP) is -0.535. The van der Waals surface area contributed by atoms with Gasteiger partial charge in [0.1, 0.15) is 0 Å². The second kappa shape index (κ2) is 1.69. The number of hydrogen-bond acceptors (Lipinski definition) is 3. The average molecular weight is 123 g/mol. The minimum Gasteiger partial charge on any atom is -0.379 e. The first-order valence-corrected chi connectivity index (χ1v) is 3.08. The van der Waals surface area contributed by atoms with Gasteiger partial charge in [0.15, 0.2) is 0 Å². The highest BCUT2D eigenvalue weighted by Gasteiger charge is 2.11. The van der Waals surface area contributed by atoms with Crippen LogP contribution in [-0.2, 0) is 0 Å². The smallest absolute Gasteiger partial charge is 0.0846 e. The normalized spacial score (nSPS) is 22.2. The molecular weight excluding hydrogens is 114 g/mol. The van der Waals surface area contributed by atoms with E-state index in [-0.39, 0.29) is 0 Å². The van der Waals surface area contributed by atoms with Gasteiger partial charge in [-0.1, -0.05) is 0 Å². The molecule has 0 aromatic heterocycles. The van der Waals surface area contributed by atoms with Gasteiger partial charge in [-0.2, -0.15) is 0 Å². The summed E-state index contributed by atoms with van der Waals surface area (Å²) in [5.41, 5.74) is 2.41. The number of hydrogen-bond donors (Lipinski definition) is 3. The quantitative estimate of drug-likeness (QED) is 0.405. The predicted molar refractivity (Wildman–Crippen MR) is 35.3 cm³/mol. The topological polar surface area (TPSA) is 36.1 Å². The molecule has 48 valence electrons. The first-order valence-electron chi connectivity index (χ1n) is 3.08. The maximum absolute atomic E-state index is 3.20. The van der Waals surface area contributed by atoms with Crippen molar-refractivity contribution in [3.05, 3.63) is 23.7 Å². The van der Waals surface area contributed by atoms with Crippen LogP contribution in [0.15, 0.2) is 23.7 Å². The minimum absolute atomic E-state index is 0.844. The Morgan fingerprint density at radius 3 is 3.11 bits per heavy atom.